The van der Waals surface area contributed by atoms with Gasteiger partial charge >= 0.3 is 0 Å². The molecule has 1 aromatic rings. The monoisotopic (exact) mass is 326 g/mol. The molecular weight excluding hydrogens is 311 g/mol. The van der Waals surface area contributed by atoms with E-state index in [-0.39, 0.29) is 28.1 Å². The molecule has 0 spiro atoms. The van der Waals surface area contributed by atoms with E-state index in [0.717, 1.165) is 6.07 Å². The average Bonchev–Trinajstić information content (AvgIpc) is 2.31. The lowest BCUT2D eigenvalue weighted by molar-refractivity contribution is 0.567. The fraction of sp³-hybridized carbons (Fsp3) is 0.455. The Morgan fingerprint density at radius 1 is 1.53 bits per heavy atom. The van der Waals surface area contributed by atoms with Crippen LogP contribution in [-0.4, -0.2) is 26.5 Å². The Morgan fingerprint density at radius 2 is 2.16 bits per heavy atom. The first-order chi connectivity index (χ1) is 8.81. The Kier molecular flexibility index (Phi) is 6.07. The molecule has 0 heterocycles. The van der Waals surface area contributed by atoms with E-state index >= 15 is 0 Å². The fourth-order valence-electron chi connectivity index (χ4n) is 1.54. The molecule has 0 aliphatic carbocycles. The van der Waals surface area contributed by atoms with Crippen molar-refractivity contribution in [2.75, 3.05) is 12.0 Å². The lowest BCUT2D eigenvalue weighted by atomic mass is 10.2. The lowest BCUT2D eigenvalue weighted by Crippen LogP contribution is -2.34. The van der Waals surface area contributed by atoms with Gasteiger partial charge in [-0.3, -0.25) is 0 Å². The predicted octanol–water partition coefficient (Wildman–Crippen LogP) is 1.97. The van der Waals surface area contributed by atoms with Crippen LogP contribution < -0.4 is 10.5 Å². The molecule has 0 saturated carbocycles. The van der Waals surface area contributed by atoms with Crippen molar-refractivity contribution in [3.05, 3.63) is 28.5 Å². The van der Waals surface area contributed by atoms with Gasteiger partial charge in [-0.15, -0.1) is 0 Å². The van der Waals surface area contributed by atoms with Crippen LogP contribution in [0.1, 0.15) is 12.5 Å². The summed E-state index contributed by atoms with van der Waals surface area (Å²) in [5.41, 5.74) is 5.67. The van der Waals surface area contributed by atoms with Crippen LogP contribution in [0.25, 0.3) is 0 Å². The Morgan fingerprint density at radius 3 is 2.68 bits per heavy atom. The number of halogens is 2. The van der Waals surface area contributed by atoms with Crippen LogP contribution in [0.3, 0.4) is 0 Å². The van der Waals surface area contributed by atoms with E-state index in [4.69, 9.17) is 17.3 Å². The molecule has 0 radical (unpaired) electrons. The third kappa shape index (κ3) is 4.32. The van der Waals surface area contributed by atoms with Gasteiger partial charge in [0.15, 0.2) is 0 Å². The smallest absolute Gasteiger partial charge is 0.240 e. The largest absolute Gasteiger partial charge is 0.326 e. The number of nitrogens with one attached hydrogen (secondary N) is 1. The van der Waals surface area contributed by atoms with Crippen LogP contribution in [0.15, 0.2) is 17.0 Å². The van der Waals surface area contributed by atoms with Gasteiger partial charge in [0.25, 0.3) is 0 Å². The Labute approximate surface area is 121 Å². The van der Waals surface area contributed by atoms with Crippen LogP contribution in [-0.2, 0) is 16.6 Å². The molecule has 0 aromatic heterocycles. The highest BCUT2D eigenvalue weighted by atomic mass is 35.5. The number of benzene rings is 1. The molecule has 0 aliphatic rings. The molecule has 1 unspecified atom stereocenters. The summed E-state index contributed by atoms with van der Waals surface area (Å²) in [6, 6.07) is 1.94. The minimum Gasteiger partial charge on any atom is -0.326 e. The fourth-order valence-corrected chi connectivity index (χ4v) is 3.72. The van der Waals surface area contributed by atoms with Gasteiger partial charge in [0.05, 0.1) is 9.92 Å². The average molecular weight is 327 g/mol. The van der Waals surface area contributed by atoms with Crippen molar-refractivity contribution < 1.29 is 12.8 Å². The summed E-state index contributed by atoms with van der Waals surface area (Å²) in [6.45, 7) is 1.71. The Hall–Kier alpha value is -0.340. The summed E-state index contributed by atoms with van der Waals surface area (Å²) in [4.78, 5) is -0.164. The lowest BCUT2D eigenvalue weighted by Gasteiger charge is -2.14. The second kappa shape index (κ2) is 6.90. The van der Waals surface area contributed by atoms with Gasteiger partial charge in [-0.1, -0.05) is 11.6 Å². The molecule has 108 valence electrons. The molecule has 8 heteroatoms. The van der Waals surface area contributed by atoms with E-state index in [1.165, 1.54) is 17.8 Å². The number of hydrogen-bond donors (Lipinski definition) is 2. The summed E-state index contributed by atoms with van der Waals surface area (Å²) in [5.74, 6) is -0.165. The van der Waals surface area contributed by atoms with Gasteiger partial charge in [-0.05, 0) is 30.9 Å². The van der Waals surface area contributed by atoms with E-state index in [1.54, 1.807) is 6.92 Å². The molecule has 0 saturated heterocycles. The molecule has 1 atom stereocenters. The van der Waals surface area contributed by atoms with Gasteiger partial charge in [0, 0.05) is 18.3 Å². The summed E-state index contributed by atoms with van der Waals surface area (Å²) < 4.78 is 40.2. The van der Waals surface area contributed by atoms with Crippen LogP contribution in [0, 0.1) is 5.82 Å². The molecule has 0 aliphatic heterocycles. The first-order valence-corrected chi connectivity index (χ1v) is 8.76. The van der Waals surface area contributed by atoms with E-state index in [0.29, 0.717) is 5.75 Å². The standard InChI is InChI=1S/C11H16ClFN2O2S2/c1-7(6-18-2)15-19(16,17)9-3-8(5-14)11(12)10(13)4-9/h3-4,7,15H,5-6,14H2,1-2H3. The second-order valence-electron chi connectivity index (χ2n) is 4.06. The molecule has 1 rings (SSSR count). The minimum absolute atomic E-state index is 0.0283. The third-order valence-corrected chi connectivity index (χ3v) is 5.21. The van der Waals surface area contributed by atoms with Crippen LogP contribution in [0.4, 0.5) is 4.39 Å². The van der Waals surface area contributed by atoms with Gasteiger partial charge in [-0.25, -0.2) is 17.5 Å². The van der Waals surface area contributed by atoms with E-state index in [1.807, 2.05) is 6.26 Å². The highest BCUT2D eigenvalue weighted by molar-refractivity contribution is 7.98. The minimum atomic E-state index is -3.77. The molecule has 19 heavy (non-hydrogen) atoms. The van der Waals surface area contributed by atoms with Crippen LogP contribution >= 0.6 is 23.4 Å². The Bertz CT molecular complexity index is 552. The van der Waals surface area contributed by atoms with Crippen molar-refractivity contribution in [1.82, 2.24) is 4.72 Å². The van der Waals surface area contributed by atoms with Gasteiger partial charge in [-0.2, -0.15) is 11.8 Å². The summed E-state index contributed by atoms with van der Waals surface area (Å²) in [6.07, 6.45) is 1.87. The van der Waals surface area contributed by atoms with Crippen molar-refractivity contribution >= 4 is 33.4 Å². The highest BCUT2D eigenvalue weighted by Gasteiger charge is 2.20. The maximum absolute atomic E-state index is 13.6. The van der Waals surface area contributed by atoms with Crippen molar-refractivity contribution in [3.8, 4) is 0 Å². The molecule has 0 fully saturated rings. The summed E-state index contributed by atoms with van der Waals surface area (Å²) >= 11 is 7.21. The van der Waals surface area contributed by atoms with Crippen molar-refractivity contribution in [1.29, 1.82) is 0 Å². The zero-order valence-corrected chi connectivity index (χ0v) is 13.0. The van der Waals surface area contributed by atoms with Crippen molar-refractivity contribution in [3.63, 3.8) is 0 Å². The van der Waals surface area contributed by atoms with Crippen molar-refractivity contribution in [2.24, 2.45) is 5.73 Å². The molecule has 1 aromatic carbocycles. The first kappa shape index (κ1) is 16.7. The Balaban J connectivity index is 3.11. The maximum Gasteiger partial charge on any atom is 0.240 e. The predicted molar refractivity (Wildman–Crippen MR) is 77.5 cm³/mol. The summed E-state index contributed by atoms with van der Waals surface area (Å²) in [5, 5.41) is -0.140. The number of hydrogen-bond acceptors (Lipinski definition) is 4. The quantitative estimate of drug-likeness (QED) is 0.838. The molecule has 0 bridgehead atoms. The zero-order valence-electron chi connectivity index (χ0n) is 10.6. The van der Waals surface area contributed by atoms with E-state index in [2.05, 4.69) is 4.72 Å². The molecule has 0 amide bonds. The second-order valence-corrected chi connectivity index (χ2v) is 7.06. The molecule has 4 nitrogen and oxygen atoms in total. The van der Waals surface area contributed by atoms with Crippen LogP contribution in [0.5, 0.6) is 0 Å². The molecular formula is C11H16ClFN2O2S2. The SMILES string of the molecule is CSCC(C)NS(=O)(=O)c1cc(F)c(Cl)c(CN)c1. The number of thioether (sulfide) groups is 1. The number of nitrogens with two attached hydrogens (primary N) is 1. The van der Waals surface area contributed by atoms with Gasteiger partial charge in [0.2, 0.25) is 10.0 Å². The molecule has 3 N–H and O–H groups in total. The van der Waals surface area contributed by atoms with Crippen molar-refractivity contribution in [2.45, 2.75) is 24.4 Å². The normalized spacial score (nSPS) is 13.5. The third-order valence-electron chi connectivity index (χ3n) is 2.38. The zero-order chi connectivity index (χ0) is 14.6. The number of rotatable bonds is 6. The maximum atomic E-state index is 13.6. The first-order valence-electron chi connectivity index (χ1n) is 5.51. The summed E-state index contributed by atoms with van der Waals surface area (Å²) in [7, 11) is -3.77. The van der Waals surface area contributed by atoms with Gasteiger partial charge in [0.1, 0.15) is 5.82 Å². The van der Waals surface area contributed by atoms with E-state index in [9.17, 15) is 12.8 Å². The van der Waals surface area contributed by atoms with E-state index < -0.39 is 15.8 Å². The topological polar surface area (TPSA) is 72.2 Å². The van der Waals surface area contributed by atoms with Gasteiger partial charge < -0.3 is 5.73 Å². The van der Waals surface area contributed by atoms with Crippen LogP contribution in [0.2, 0.25) is 5.02 Å². The highest BCUT2D eigenvalue weighted by Crippen LogP contribution is 2.24. The number of sulfonamides is 1.